The molecular weight excluding hydrogens is 304 g/mol. The topological polar surface area (TPSA) is 68.9 Å². The Kier molecular flexibility index (Phi) is 4.83. The smallest absolute Gasteiger partial charge is 0.250 e. The Balaban J connectivity index is 1.67. The van der Waals surface area contributed by atoms with Gasteiger partial charge in [0, 0.05) is 30.3 Å². The number of aryl methyl sites for hydroxylation is 2. The van der Waals surface area contributed by atoms with Crippen molar-refractivity contribution in [3.05, 3.63) is 46.0 Å². The molecule has 0 radical (unpaired) electrons. The van der Waals surface area contributed by atoms with Crippen molar-refractivity contribution in [2.24, 2.45) is 0 Å². The standard InChI is InChI=1S/C18H24N4O2/c1-13-12-19-22(15-7-3-4-8-15)18(13)20-16(23)10-11-21-14(2)6-5-9-17(21)24/h5-6,9,12,15H,3-4,7-8,10-11H2,1-2H3,(H,20,23). The van der Waals surface area contributed by atoms with Gasteiger partial charge in [0.1, 0.15) is 5.82 Å². The van der Waals surface area contributed by atoms with Crippen molar-refractivity contribution in [2.45, 2.75) is 58.5 Å². The number of pyridine rings is 1. The van der Waals surface area contributed by atoms with E-state index in [0.29, 0.717) is 12.6 Å². The molecule has 2 heterocycles. The molecule has 6 nitrogen and oxygen atoms in total. The first kappa shape index (κ1) is 16.5. The molecule has 2 aromatic heterocycles. The van der Waals surface area contributed by atoms with Crippen LogP contribution in [0.25, 0.3) is 0 Å². The second-order valence-electron chi connectivity index (χ2n) is 6.51. The highest BCUT2D eigenvalue weighted by Crippen LogP contribution is 2.32. The molecule has 1 amide bonds. The summed E-state index contributed by atoms with van der Waals surface area (Å²) < 4.78 is 3.58. The summed E-state index contributed by atoms with van der Waals surface area (Å²) in [7, 11) is 0. The summed E-state index contributed by atoms with van der Waals surface area (Å²) in [6.45, 7) is 4.21. The van der Waals surface area contributed by atoms with Gasteiger partial charge < -0.3 is 9.88 Å². The van der Waals surface area contributed by atoms with E-state index >= 15 is 0 Å². The number of amides is 1. The fraction of sp³-hybridized carbons (Fsp3) is 0.500. The highest BCUT2D eigenvalue weighted by Gasteiger charge is 2.22. The van der Waals surface area contributed by atoms with Crippen molar-refractivity contribution >= 4 is 11.7 Å². The fourth-order valence-corrected chi connectivity index (χ4v) is 3.35. The zero-order valence-electron chi connectivity index (χ0n) is 14.3. The Bertz CT molecular complexity index is 785. The summed E-state index contributed by atoms with van der Waals surface area (Å²) in [4.78, 5) is 24.2. The van der Waals surface area contributed by atoms with E-state index in [1.165, 1.54) is 18.9 Å². The van der Waals surface area contributed by atoms with E-state index in [-0.39, 0.29) is 17.9 Å². The molecule has 1 fully saturated rings. The van der Waals surface area contributed by atoms with Crippen LogP contribution in [0.4, 0.5) is 5.82 Å². The number of carbonyl (C=O) groups is 1. The van der Waals surface area contributed by atoms with Crippen LogP contribution < -0.4 is 10.9 Å². The van der Waals surface area contributed by atoms with E-state index in [1.54, 1.807) is 16.8 Å². The fourth-order valence-electron chi connectivity index (χ4n) is 3.35. The third-order valence-corrected chi connectivity index (χ3v) is 4.74. The number of aromatic nitrogens is 3. The van der Waals surface area contributed by atoms with E-state index in [9.17, 15) is 9.59 Å². The average molecular weight is 328 g/mol. The highest BCUT2D eigenvalue weighted by atomic mass is 16.2. The number of nitrogens with one attached hydrogen (secondary N) is 1. The summed E-state index contributed by atoms with van der Waals surface area (Å²) in [5, 5.41) is 7.44. The maximum atomic E-state index is 12.4. The zero-order chi connectivity index (χ0) is 17.1. The predicted molar refractivity (Wildman–Crippen MR) is 93.2 cm³/mol. The molecule has 0 atom stereocenters. The molecule has 1 aliphatic carbocycles. The van der Waals surface area contributed by atoms with Gasteiger partial charge in [-0.3, -0.25) is 9.59 Å². The van der Waals surface area contributed by atoms with E-state index in [4.69, 9.17) is 0 Å². The summed E-state index contributed by atoms with van der Waals surface area (Å²) in [6.07, 6.45) is 6.73. The van der Waals surface area contributed by atoms with Crippen LogP contribution in [0, 0.1) is 13.8 Å². The van der Waals surface area contributed by atoms with Gasteiger partial charge >= 0.3 is 0 Å². The SMILES string of the molecule is Cc1cnn(C2CCCC2)c1NC(=O)CCn1c(C)cccc1=O. The molecule has 0 aliphatic heterocycles. The van der Waals surface area contributed by atoms with Gasteiger partial charge in [0.05, 0.1) is 12.2 Å². The average Bonchev–Trinajstić information content (AvgIpc) is 3.18. The summed E-state index contributed by atoms with van der Waals surface area (Å²) in [5.41, 5.74) is 1.76. The third-order valence-electron chi connectivity index (χ3n) is 4.74. The quantitative estimate of drug-likeness (QED) is 0.917. The zero-order valence-corrected chi connectivity index (χ0v) is 14.3. The third kappa shape index (κ3) is 3.42. The van der Waals surface area contributed by atoms with Gasteiger partial charge in [-0.05, 0) is 32.8 Å². The highest BCUT2D eigenvalue weighted by molar-refractivity contribution is 5.90. The minimum Gasteiger partial charge on any atom is -0.312 e. The molecule has 0 aromatic carbocycles. The lowest BCUT2D eigenvalue weighted by molar-refractivity contribution is -0.116. The summed E-state index contributed by atoms with van der Waals surface area (Å²) >= 11 is 0. The van der Waals surface area contributed by atoms with Crippen LogP contribution in [-0.2, 0) is 11.3 Å². The molecular formula is C18H24N4O2. The Morgan fingerprint density at radius 3 is 2.75 bits per heavy atom. The van der Waals surface area contributed by atoms with Gasteiger partial charge in [0.2, 0.25) is 5.91 Å². The molecule has 1 saturated carbocycles. The molecule has 2 aromatic rings. The maximum absolute atomic E-state index is 12.4. The second kappa shape index (κ2) is 7.03. The van der Waals surface area contributed by atoms with E-state index in [1.807, 2.05) is 24.6 Å². The minimum atomic E-state index is -0.0898. The lowest BCUT2D eigenvalue weighted by atomic mass is 10.2. The predicted octanol–water partition coefficient (Wildman–Crippen LogP) is 2.81. The number of anilines is 1. The number of hydrogen-bond donors (Lipinski definition) is 1. The number of carbonyl (C=O) groups excluding carboxylic acids is 1. The lowest BCUT2D eigenvalue weighted by Crippen LogP contribution is -2.25. The van der Waals surface area contributed by atoms with Gasteiger partial charge in [0.25, 0.3) is 5.56 Å². The van der Waals surface area contributed by atoms with E-state index in [0.717, 1.165) is 29.9 Å². The molecule has 0 spiro atoms. The van der Waals surface area contributed by atoms with Crippen LogP contribution in [0.5, 0.6) is 0 Å². The van der Waals surface area contributed by atoms with Gasteiger partial charge in [0.15, 0.2) is 0 Å². The number of rotatable bonds is 5. The van der Waals surface area contributed by atoms with Crippen molar-refractivity contribution in [1.82, 2.24) is 14.3 Å². The van der Waals surface area contributed by atoms with Crippen molar-refractivity contribution in [2.75, 3.05) is 5.32 Å². The first-order chi connectivity index (χ1) is 11.6. The first-order valence-electron chi connectivity index (χ1n) is 8.56. The van der Waals surface area contributed by atoms with Crippen LogP contribution in [0.15, 0.2) is 29.2 Å². The van der Waals surface area contributed by atoms with E-state index in [2.05, 4.69) is 10.4 Å². The minimum absolute atomic E-state index is 0.0741. The van der Waals surface area contributed by atoms with Crippen molar-refractivity contribution < 1.29 is 4.79 Å². The van der Waals surface area contributed by atoms with Crippen molar-refractivity contribution in [3.8, 4) is 0 Å². The molecule has 1 N–H and O–H groups in total. The van der Waals surface area contributed by atoms with Gasteiger partial charge in [-0.15, -0.1) is 0 Å². The molecule has 0 saturated heterocycles. The molecule has 3 rings (SSSR count). The maximum Gasteiger partial charge on any atom is 0.250 e. The Labute approximate surface area is 141 Å². The van der Waals surface area contributed by atoms with Gasteiger partial charge in [-0.2, -0.15) is 5.10 Å². The van der Waals surface area contributed by atoms with Crippen molar-refractivity contribution in [3.63, 3.8) is 0 Å². The van der Waals surface area contributed by atoms with E-state index < -0.39 is 0 Å². The molecule has 6 heteroatoms. The normalized spacial score (nSPS) is 14.9. The largest absolute Gasteiger partial charge is 0.312 e. The first-order valence-corrected chi connectivity index (χ1v) is 8.56. The molecule has 0 unspecified atom stereocenters. The Morgan fingerprint density at radius 1 is 1.29 bits per heavy atom. The molecule has 24 heavy (non-hydrogen) atoms. The van der Waals surface area contributed by atoms with Crippen LogP contribution in [-0.4, -0.2) is 20.3 Å². The Morgan fingerprint density at radius 2 is 2.04 bits per heavy atom. The summed E-state index contributed by atoms with van der Waals surface area (Å²) in [5.74, 6) is 0.706. The Hall–Kier alpha value is -2.37. The second-order valence-corrected chi connectivity index (χ2v) is 6.51. The summed E-state index contributed by atoms with van der Waals surface area (Å²) in [6, 6.07) is 5.51. The lowest BCUT2D eigenvalue weighted by Gasteiger charge is -2.16. The van der Waals surface area contributed by atoms with Crippen LogP contribution in [0.2, 0.25) is 0 Å². The molecule has 128 valence electrons. The van der Waals surface area contributed by atoms with Crippen LogP contribution >= 0.6 is 0 Å². The molecule has 1 aliphatic rings. The van der Waals surface area contributed by atoms with Crippen LogP contribution in [0.3, 0.4) is 0 Å². The molecule has 0 bridgehead atoms. The van der Waals surface area contributed by atoms with Crippen molar-refractivity contribution in [1.29, 1.82) is 0 Å². The number of hydrogen-bond acceptors (Lipinski definition) is 3. The van der Waals surface area contributed by atoms with Gasteiger partial charge in [-0.1, -0.05) is 18.9 Å². The monoisotopic (exact) mass is 328 g/mol. The van der Waals surface area contributed by atoms with Gasteiger partial charge in [-0.25, -0.2) is 4.68 Å². The van der Waals surface area contributed by atoms with Crippen LogP contribution in [0.1, 0.15) is 49.4 Å². The number of nitrogens with zero attached hydrogens (tertiary/aromatic N) is 3.